The lowest BCUT2D eigenvalue weighted by Crippen LogP contribution is -2.38. The van der Waals surface area contributed by atoms with Crippen LogP contribution in [0, 0.1) is 11.8 Å². The van der Waals surface area contributed by atoms with Crippen molar-refractivity contribution in [3.05, 3.63) is 66.4 Å². The first kappa shape index (κ1) is 27.7. The van der Waals surface area contributed by atoms with Gasteiger partial charge in [-0.05, 0) is 54.3 Å². The number of hydrogen-bond acceptors (Lipinski definition) is 7. The molecular weight excluding hydrogens is 484 g/mol. The number of ether oxygens (including phenoxy) is 3. The number of nitrogens with zero attached hydrogens (tertiary/aromatic N) is 1. The predicted molar refractivity (Wildman–Crippen MR) is 136 cm³/mol. The minimum absolute atomic E-state index is 0.0103. The van der Waals surface area contributed by atoms with E-state index >= 15 is 0 Å². The van der Waals surface area contributed by atoms with E-state index in [1.807, 2.05) is 24.3 Å². The number of sulfonamides is 1. The molecule has 0 aromatic heterocycles. The number of allylic oxidation sites excluding steroid dienone is 1. The molecular formula is C26H34N2O7S. The van der Waals surface area contributed by atoms with Crippen LogP contribution in [-0.2, 0) is 24.3 Å². The van der Waals surface area contributed by atoms with E-state index in [1.165, 1.54) is 19.2 Å². The molecule has 0 fully saturated rings. The number of aliphatic hydroxyl groups excluding tert-OH is 1. The molecule has 0 unspecified atom stereocenters. The smallest absolute Gasteiger partial charge is 0.290 e. The van der Waals surface area contributed by atoms with Crippen molar-refractivity contribution in [2.24, 2.45) is 11.8 Å². The Morgan fingerprint density at radius 2 is 1.83 bits per heavy atom. The van der Waals surface area contributed by atoms with Gasteiger partial charge in [0.1, 0.15) is 5.75 Å². The number of amides is 1. The molecule has 2 N–H and O–H groups in total. The Morgan fingerprint density at radius 1 is 1.14 bits per heavy atom. The van der Waals surface area contributed by atoms with E-state index in [0.29, 0.717) is 17.9 Å². The normalized spacial score (nSPS) is 18.0. The summed E-state index contributed by atoms with van der Waals surface area (Å²) in [6.45, 7) is 3.73. The number of anilines is 1. The lowest BCUT2D eigenvalue weighted by Gasteiger charge is -2.31. The molecule has 0 aliphatic carbocycles. The number of carbonyl (C=O) groups excluding carboxylic acids is 1. The Labute approximate surface area is 212 Å². The summed E-state index contributed by atoms with van der Waals surface area (Å²) in [5.74, 6) is 0.647. The molecule has 9 nitrogen and oxygen atoms in total. The molecule has 0 radical (unpaired) electrons. The van der Waals surface area contributed by atoms with Crippen LogP contribution < -0.4 is 10.1 Å². The molecule has 1 amide bonds. The maximum atomic E-state index is 13.1. The Kier molecular flexibility index (Phi) is 9.89. The van der Waals surface area contributed by atoms with Gasteiger partial charge < -0.3 is 24.6 Å². The Balaban J connectivity index is 1.64. The number of rotatable bonds is 12. The molecule has 0 bridgehead atoms. The highest BCUT2D eigenvalue weighted by molar-refractivity contribution is 7.89. The molecule has 2 aromatic carbocycles. The SMILES string of the molecule is COc1ccc(S(=O)(=O)N(CCO)CCO[C@H]2C[C@@H](C(C)C)C=C(C(=O)Nc3ccccc3)O2)cc1. The highest BCUT2D eigenvalue weighted by atomic mass is 32.2. The van der Waals surface area contributed by atoms with Crippen LogP contribution in [0.1, 0.15) is 20.3 Å². The molecule has 10 heteroatoms. The van der Waals surface area contributed by atoms with Crippen molar-refractivity contribution in [1.29, 1.82) is 0 Å². The molecule has 0 spiro atoms. The van der Waals surface area contributed by atoms with Gasteiger partial charge >= 0.3 is 0 Å². The predicted octanol–water partition coefficient (Wildman–Crippen LogP) is 3.24. The summed E-state index contributed by atoms with van der Waals surface area (Å²) in [7, 11) is -2.35. The van der Waals surface area contributed by atoms with Gasteiger partial charge in [-0.2, -0.15) is 4.31 Å². The largest absolute Gasteiger partial charge is 0.497 e. The number of nitrogens with one attached hydrogen (secondary N) is 1. The topological polar surface area (TPSA) is 114 Å². The van der Waals surface area contributed by atoms with Crippen LogP contribution in [-0.4, -0.2) is 63.4 Å². The van der Waals surface area contributed by atoms with Gasteiger partial charge in [-0.15, -0.1) is 0 Å². The molecule has 3 rings (SSSR count). The van der Waals surface area contributed by atoms with Gasteiger partial charge in [-0.25, -0.2) is 8.42 Å². The zero-order chi connectivity index (χ0) is 26.1. The summed E-state index contributed by atoms with van der Waals surface area (Å²) in [4.78, 5) is 12.9. The summed E-state index contributed by atoms with van der Waals surface area (Å²) >= 11 is 0. The van der Waals surface area contributed by atoms with Gasteiger partial charge in [-0.1, -0.05) is 32.0 Å². The van der Waals surface area contributed by atoms with E-state index in [-0.39, 0.29) is 54.7 Å². The van der Waals surface area contributed by atoms with Gasteiger partial charge in [0, 0.05) is 25.2 Å². The molecule has 2 atom stereocenters. The zero-order valence-electron chi connectivity index (χ0n) is 20.8. The number of methoxy groups -OCH3 is 1. The van der Waals surface area contributed by atoms with E-state index in [0.717, 1.165) is 4.31 Å². The molecule has 1 heterocycles. The first-order valence-corrected chi connectivity index (χ1v) is 13.3. The van der Waals surface area contributed by atoms with Crippen molar-refractivity contribution >= 4 is 21.6 Å². The number of aliphatic hydroxyl groups is 1. The maximum absolute atomic E-state index is 13.1. The standard InChI is InChI=1S/C26H34N2O7S/c1-19(2)20-17-24(26(30)27-21-7-5-4-6-8-21)35-25(18-20)34-16-14-28(13-15-29)36(31,32)23-11-9-22(33-3)10-12-23/h4-12,17,19-20,25,29H,13-16,18H2,1-3H3,(H,27,30)/t20-,25+/m0/s1. The highest BCUT2D eigenvalue weighted by Crippen LogP contribution is 2.29. The van der Waals surface area contributed by atoms with Crippen molar-refractivity contribution in [1.82, 2.24) is 4.31 Å². The molecule has 2 aromatic rings. The fourth-order valence-electron chi connectivity index (χ4n) is 3.77. The van der Waals surface area contributed by atoms with Crippen LogP contribution in [0.5, 0.6) is 5.75 Å². The van der Waals surface area contributed by atoms with E-state index < -0.39 is 16.3 Å². The van der Waals surface area contributed by atoms with Gasteiger partial charge in [0.05, 0.1) is 25.2 Å². The third kappa shape index (κ3) is 7.30. The van der Waals surface area contributed by atoms with Crippen LogP contribution in [0.2, 0.25) is 0 Å². The van der Waals surface area contributed by atoms with E-state index in [2.05, 4.69) is 19.2 Å². The lowest BCUT2D eigenvalue weighted by atomic mass is 9.90. The zero-order valence-corrected chi connectivity index (χ0v) is 21.6. The second-order valence-corrected chi connectivity index (χ2v) is 10.7. The van der Waals surface area contributed by atoms with Crippen molar-refractivity contribution in [3.63, 3.8) is 0 Å². The van der Waals surface area contributed by atoms with Gasteiger partial charge in [0.2, 0.25) is 16.3 Å². The van der Waals surface area contributed by atoms with Crippen molar-refractivity contribution < 1.29 is 32.5 Å². The van der Waals surface area contributed by atoms with Crippen molar-refractivity contribution in [2.75, 3.05) is 38.7 Å². The average molecular weight is 519 g/mol. The fourth-order valence-corrected chi connectivity index (χ4v) is 5.19. The van der Waals surface area contributed by atoms with Crippen LogP contribution in [0.25, 0.3) is 0 Å². The molecule has 196 valence electrons. The first-order valence-electron chi connectivity index (χ1n) is 11.9. The minimum Gasteiger partial charge on any atom is -0.497 e. The average Bonchev–Trinajstić information content (AvgIpc) is 2.88. The van der Waals surface area contributed by atoms with Crippen LogP contribution in [0.15, 0.2) is 71.3 Å². The summed E-state index contributed by atoms with van der Waals surface area (Å²) in [5.41, 5.74) is 0.652. The van der Waals surface area contributed by atoms with E-state index in [1.54, 1.807) is 24.3 Å². The van der Waals surface area contributed by atoms with Crippen molar-refractivity contribution in [3.8, 4) is 5.75 Å². The monoisotopic (exact) mass is 518 g/mol. The summed E-state index contributed by atoms with van der Waals surface area (Å²) in [5, 5.41) is 12.3. The number of benzene rings is 2. The molecule has 0 saturated carbocycles. The van der Waals surface area contributed by atoms with Crippen LogP contribution in [0.3, 0.4) is 0 Å². The highest BCUT2D eigenvalue weighted by Gasteiger charge is 2.30. The summed E-state index contributed by atoms with van der Waals surface area (Å²) in [6, 6.07) is 15.1. The summed E-state index contributed by atoms with van der Waals surface area (Å²) in [6.07, 6.45) is 1.64. The fraction of sp³-hybridized carbons (Fsp3) is 0.423. The quantitative estimate of drug-likeness (QED) is 0.443. The second kappa shape index (κ2) is 12.9. The Hall–Kier alpha value is -2.92. The van der Waals surface area contributed by atoms with Crippen LogP contribution in [0.4, 0.5) is 5.69 Å². The Morgan fingerprint density at radius 3 is 2.44 bits per heavy atom. The summed E-state index contributed by atoms with van der Waals surface area (Å²) < 4.78 is 44.1. The van der Waals surface area contributed by atoms with Gasteiger partial charge in [0.25, 0.3) is 5.91 Å². The third-order valence-corrected chi connectivity index (χ3v) is 7.80. The molecule has 0 saturated heterocycles. The van der Waals surface area contributed by atoms with Crippen LogP contribution >= 0.6 is 0 Å². The number of hydrogen-bond donors (Lipinski definition) is 2. The maximum Gasteiger partial charge on any atom is 0.290 e. The Bertz CT molecular complexity index is 1120. The minimum atomic E-state index is -3.85. The van der Waals surface area contributed by atoms with E-state index in [4.69, 9.17) is 14.2 Å². The molecule has 1 aliphatic heterocycles. The van der Waals surface area contributed by atoms with Crippen molar-refractivity contribution in [2.45, 2.75) is 31.5 Å². The molecule has 1 aliphatic rings. The number of carbonyl (C=O) groups is 1. The van der Waals surface area contributed by atoms with E-state index in [9.17, 15) is 18.3 Å². The first-order chi connectivity index (χ1) is 17.2. The third-order valence-electron chi connectivity index (χ3n) is 5.89. The van der Waals surface area contributed by atoms with Gasteiger partial charge in [0.15, 0.2) is 5.76 Å². The second-order valence-electron chi connectivity index (χ2n) is 8.72. The van der Waals surface area contributed by atoms with Gasteiger partial charge in [-0.3, -0.25) is 4.79 Å². The molecule has 36 heavy (non-hydrogen) atoms. The lowest BCUT2D eigenvalue weighted by molar-refractivity contribution is -0.148. The number of para-hydroxylation sites is 1.